The van der Waals surface area contributed by atoms with Crippen molar-refractivity contribution in [2.45, 2.75) is 13.8 Å². The van der Waals surface area contributed by atoms with E-state index >= 15 is 0 Å². The van der Waals surface area contributed by atoms with Gasteiger partial charge in [-0.05, 0) is 37.1 Å². The molecule has 0 unspecified atom stereocenters. The molecule has 0 aliphatic rings. The summed E-state index contributed by atoms with van der Waals surface area (Å²) in [7, 11) is 0. The molecular formula is C17H16N2O. The number of nitrogens with one attached hydrogen (secondary N) is 1. The van der Waals surface area contributed by atoms with E-state index in [0.717, 1.165) is 22.5 Å². The molecule has 20 heavy (non-hydrogen) atoms. The first-order chi connectivity index (χ1) is 9.65. The van der Waals surface area contributed by atoms with Gasteiger partial charge in [-0.25, -0.2) is 4.68 Å². The van der Waals surface area contributed by atoms with Crippen molar-refractivity contribution in [3.05, 3.63) is 76.1 Å². The van der Waals surface area contributed by atoms with Crippen LogP contribution >= 0.6 is 0 Å². The van der Waals surface area contributed by atoms with Crippen LogP contribution in [0.25, 0.3) is 16.9 Å². The topological polar surface area (TPSA) is 37.8 Å². The predicted molar refractivity (Wildman–Crippen MR) is 81.3 cm³/mol. The Kier molecular flexibility index (Phi) is 3.03. The number of hydrogen-bond donors (Lipinski definition) is 1. The summed E-state index contributed by atoms with van der Waals surface area (Å²) in [5.41, 5.74) is 4.93. The van der Waals surface area contributed by atoms with Crippen molar-refractivity contribution in [1.29, 1.82) is 0 Å². The van der Waals surface area contributed by atoms with Crippen LogP contribution in [0.5, 0.6) is 0 Å². The molecule has 0 fully saturated rings. The summed E-state index contributed by atoms with van der Waals surface area (Å²) in [4.78, 5) is 12.2. The Labute approximate surface area is 117 Å². The van der Waals surface area contributed by atoms with Crippen LogP contribution in [0, 0.1) is 13.8 Å². The number of hydrogen-bond acceptors (Lipinski definition) is 1. The summed E-state index contributed by atoms with van der Waals surface area (Å²) in [5.74, 6) is 0. The monoisotopic (exact) mass is 264 g/mol. The van der Waals surface area contributed by atoms with E-state index < -0.39 is 0 Å². The molecule has 0 bridgehead atoms. The second-order valence-corrected chi connectivity index (χ2v) is 5.00. The number of H-pyrrole nitrogens is 1. The summed E-state index contributed by atoms with van der Waals surface area (Å²) >= 11 is 0. The molecule has 3 aromatic rings. The van der Waals surface area contributed by atoms with Gasteiger partial charge < -0.3 is 0 Å². The molecule has 0 saturated heterocycles. The normalized spacial score (nSPS) is 10.7. The van der Waals surface area contributed by atoms with E-state index in [1.54, 1.807) is 10.7 Å². The fourth-order valence-electron chi connectivity index (χ4n) is 2.35. The van der Waals surface area contributed by atoms with E-state index in [0.29, 0.717) is 0 Å². The molecule has 3 rings (SSSR count). The third-order valence-corrected chi connectivity index (χ3v) is 3.41. The highest BCUT2D eigenvalue weighted by Crippen LogP contribution is 2.18. The Hall–Kier alpha value is -2.55. The molecule has 0 aliphatic heterocycles. The fraction of sp³-hybridized carbons (Fsp3) is 0.118. The van der Waals surface area contributed by atoms with Crippen LogP contribution in [0.3, 0.4) is 0 Å². The van der Waals surface area contributed by atoms with Gasteiger partial charge in [0.1, 0.15) is 0 Å². The molecular weight excluding hydrogens is 248 g/mol. The summed E-state index contributed by atoms with van der Waals surface area (Å²) in [6.45, 7) is 4.04. The number of benzene rings is 2. The average molecular weight is 264 g/mol. The van der Waals surface area contributed by atoms with E-state index in [4.69, 9.17) is 0 Å². The summed E-state index contributed by atoms with van der Waals surface area (Å²) < 4.78 is 1.59. The maximum absolute atomic E-state index is 12.2. The molecule has 0 spiro atoms. The van der Waals surface area contributed by atoms with Crippen LogP contribution in [-0.4, -0.2) is 9.78 Å². The fourth-order valence-corrected chi connectivity index (χ4v) is 2.35. The summed E-state index contributed by atoms with van der Waals surface area (Å²) in [6, 6.07) is 17.6. The zero-order valence-corrected chi connectivity index (χ0v) is 11.6. The van der Waals surface area contributed by atoms with Crippen molar-refractivity contribution in [2.75, 3.05) is 0 Å². The smallest absolute Gasteiger partial charge is 0.271 e. The zero-order valence-electron chi connectivity index (χ0n) is 11.6. The van der Waals surface area contributed by atoms with Gasteiger partial charge in [0.05, 0.1) is 11.4 Å². The number of aryl methyl sites for hydroxylation is 2. The van der Waals surface area contributed by atoms with Gasteiger partial charge in [0.15, 0.2) is 0 Å². The molecule has 0 aliphatic carbocycles. The van der Waals surface area contributed by atoms with Crippen LogP contribution in [0.2, 0.25) is 0 Å². The van der Waals surface area contributed by atoms with Crippen molar-refractivity contribution < 1.29 is 0 Å². The van der Waals surface area contributed by atoms with Gasteiger partial charge >= 0.3 is 0 Å². The van der Waals surface area contributed by atoms with Crippen molar-refractivity contribution in [2.24, 2.45) is 0 Å². The lowest BCUT2D eigenvalue weighted by molar-refractivity contribution is 0.845. The third kappa shape index (κ3) is 2.18. The van der Waals surface area contributed by atoms with Crippen molar-refractivity contribution in [1.82, 2.24) is 9.78 Å². The van der Waals surface area contributed by atoms with Crippen molar-refractivity contribution >= 4 is 0 Å². The molecule has 1 heterocycles. The van der Waals surface area contributed by atoms with Crippen molar-refractivity contribution in [3.8, 4) is 16.9 Å². The Morgan fingerprint density at radius 1 is 0.950 bits per heavy atom. The van der Waals surface area contributed by atoms with E-state index in [9.17, 15) is 4.79 Å². The average Bonchev–Trinajstić information content (AvgIpc) is 2.81. The first-order valence-electron chi connectivity index (χ1n) is 6.60. The molecule has 1 N–H and O–H groups in total. The van der Waals surface area contributed by atoms with Gasteiger partial charge in [-0.3, -0.25) is 9.89 Å². The number of aromatic amines is 1. The third-order valence-electron chi connectivity index (χ3n) is 3.41. The Morgan fingerprint density at radius 3 is 2.50 bits per heavy atom. The quantitative estimate of drug-likeness (QED) is 0.756. The Balaban J connectivity index is 2.13. The second-order valence-electron chi connectivity index (χ2n) is 5.00. The first kappa shape index (κ1) is 12.5. The molecule has 3 nitrogen and oxygen atoms in total. The molecule has 0 saturated carbocycles. The number of nitrogens with zero attached hydrogens (tertiary/aromatic N) is 1. The summed E-state index contributed by atoms with van der Waals surface area (Å²) in [5, 5.41) is 3.19. The number of aromatic nitrogens is 2. The molecule has 3 heteroatoms. The number of para-hydroxylation sites is 1. The van der Waals surface area contributed by atoms with Crippen molar-refractivity contribution in [3.63, 3.8) is 0 Å². The highest BCUT2D eigenvalue weighted by atomic mass is 16.1. The highest BCUT2D eigenvalue weighted by molar-refractivity contribution is 5.60. The minimum Gasteiger partial charge on any atom is -0.290 e. The molecule has 0 atom stereocenters. The Morgan fingerprint density at radius 2 is 1.75 bits per heavy atom. The van der Waals surface area contributed by atoms with Crippen LogP contribution < -0.4 is 5.56 Å². The molecule has 0 amide bonds. The largest absolute Gasteiger partial charge is 0.290 e. The van der Waals surface area contributed by atoms with E-state index in [1.807, 2.05) is 56.3 Å². The molecule has 2 aromatic carbocycles. The lowest BCUT2D eigenvalue weighted by atomic mass is 10.1. The van der Waals surface area contributed by atoms with Gasteiger partial charge in [0, 0.05) is 6.07 Å². The van der Waals surface area contributed by atoms with E-state index in [-0.39, 0.29) is 5.56 Å². The van der Waals surface area contributed by atoms with Gasteiger partial charge in [-0.2, -0.15) is 0 Å². The molecule has 1 aromatic heterocycles. The maximum Gasteiger partial charge on any atom is 0.271 e. The predicted octanol–water partition coefficient (Wildman–Crippen LogP) is 3.45. The summed E-state index contributed by atoms with van der Waals surface area (Å²) in [6.07, 6.45) is 0. The highest BCUT2D eigenvalue weighted by Gasteiger charge is 2.08. The number of rotatable bonds is 2. The minimum absolute atomic E-state index is 0.0455. The second kappa shape index (κ2) is 4.85. The van der Waals surface area contributed by atoms with Crippen LogP contribution in [0.15, 0.2) is 59.4 Å². The molecule has 0 radical (unpaired) electrons. The molecule has 100 valence electrons. The van der Waals surface area contributed by atoms with Crippen LogP contribution in [-0.2, 0) is 0 Å². The maximum atomic E-state index is 12.2. The van der Waals surface area contributed by atoms with Gasteiger partial charge in [0.25, 0.3) is 5.56 Å². The lowest BCUT2D eigenvalue weighted by Gasteiger charge is -2.05. The Bertz CT molecular complexity index is 812. The van der Waals surface area contributed by atoms with Gasteiger partial charge in [-0.15, -0.1) is 0 Å². The standard InChI is InChI=1S/C17H16N2O/c1-12-6-5-8-14(10-12)15-11-17(20)19(18-15)16-9-4-3-7-13(16)2/h3-11,18H,1-2H3. The van der Waals surface area contributed by atoms with Crippen LogP contribution in [0.4, 0.5) is 0 Å². The van der Waals surface area contributed by atoms with E-state index in [2.05, 4.69) is 11.2 Å². The first-order valence-corrected chi connectivity index (χ1v) is 6.60. The van der Waals surface area contributed by atoms with Gasteiger partial charge in [-0.1, -0.05) is 42.0 Å². The zero-order chi connectivity index (χ0) is 14.1. The SMILES string of the molecule is Cc1cccc(-c2cc(=O)n(-c3ccccc3C)[nH]2)c1. The van der Waals surface area contributed by atoms with Crippen LogP contribution in [0.1, 0.15) is 11.1 Å². The van der Waals surface area contributed by atoms with Gasteiger partial charge in [0.2, 0.25) is 0 Å². The van der Waals surface area contributed by atoms with E-state index in [1.165, 1.54) is 5.56 Å². The minimum atomic E-state index is -0.0455. The lowest BCUT2D eigenvalue weighted by Crippen LogP contribution is -2.14.